The molecule has 0 radical (unpaired) electrons. The molecule has 1 aliphatic carbocycles. The van der Waals surface area contributed by atoms with Crippen LogP contribution in [-0.2, 0) is 19.1 Å². The van der Waals surface area contributed by atoms with Crippen LogP contribution >= 0.6 is 0 Å². The minimum atomic E-state index is -0.752. The van der Waals surface area contributed by atoms with Crippen molar-refractivity contribution in [3.8, 4) is 28.7 Å². The van der Waals surface area contributed by atoms with E-state index in [2.05, 4.69) is 5.32 Å². The summed E-state index contributed by atoms with van der Waals surface area (Å²) in [6.45, 7) is 5.41. The van der Waals surface area contributed by atoms with Crippen molar-refractivity contribution in [1.82, 2.24) is 5.32 Å². The third kappa shape index (κ3) is 7.43. The van der Waals surface area contributed by atoms with Gasteiger partial charge in [0.25, 0.3) is 0 Å². The maximum absolute atomic E-state index is 14.1. The number of dihydropyridines is 1. The summed E-state index contributed by atoms with van der Waals surface area (Å²) in [6.07, 6.45) is 0.754. The van der Waals surface area contributed by atoms with E-state index in [1.807, 2.05) is 55.5 Å². The highest BCUT2D eigenvalue weighted by Gasteiger charge is 2.42. The number of para-hydroxylation sites is 1. The molecule has 2 aliphatic rings. The van der Waals surface area contributed by atoms with Gasteiger partial charge in [0.05, 0.1) is 26.4 Å². The second-order valence-electron chi connectivity index (χ2n) is 11.2. The van der Waals surface area contributed by atoms with Crippen molar-refractivity contribution in [3.05, 3.63) is 100 Å². The van der Waals surface area contributed by atoms with Crippen molar-refractivity contribution in [1.29, 1.82) is 0 Å². The molecular formula is C37H39NO9. The summed E-state index contributed by atoms with van der Waals surface area (Å²) in [6, 6.07) is 20.0. The molecular weight excluding hydrogens is 602 g/mol. The van der Waals surface area contributed by atoms with Crippen molar-refractivity contribution in [3.63, 3.8) is 0 Å². The van der Waals surface area contributed by atoms with E-state index in [9.17, 15) is 14.4 Å². The van der Waals surface area contributed by atoms with Gasteiger partial charge in [-0.25, -0.2) is 4.79 Å². The smallest absolute Gasteiger partial charge is 0.336 e. The molecule has 3 aromatic carbocycles. The first-order valence-corrected chi connectivity index (χ1v) is 15.5. The van der Waals surface area contributed by atoms with Crippen molar-refractivity contribution in [2.75, 3.05) is 34.0 Å². The fourth-order valence-electron chi connectivity index (χ4n) is 6.09. The highest BCUT2D eigenvalue weighted by atomic mass is 16.6. The van der Waals surface area contributed by atoms with Gasteiger partial charge in [0.1, 0.15) is 19.0 Å². The SMILES string of the molecule is CCOc1cc(C2C(C(=O)OCCOc3ccccc3)=C(C)NC3=C2C(=O)CC(c2ccc(OC)c(OC)c2)C3)ccc1OC(C)=O. The molecule has 0 amide bonds. The van der Waals surface area contributed by atoms with Crippen LogP contribution in [0.2, 0.25) is 0 Å². The molecule has 3 aromatic rings. The molecule has 10 heteroatoms. The average Bonchev–Trinajstić information content (AvgIpc) is 3.06. The van der Waals surface area contributed by atoms with Gasteiger partial charge >= 0.3 is 11.9 Å². The fourth-order valence-corrected chi connectivity index (χ4v) is 6.09. The summed E-state index contributed by atoms with van der Waals surface area (Å²) in [5, 5.41) is 3.37. The molecule has 1 aliphatic heterocycles. The minimum absolute atomic E-state index is 0.00798. The van der Waals surface area contributed by atoms with Crippen LogP contribution in [-0.4, -0.2) is 51.8 Å². The van der Waals surface area contributed by atoms with E-state index in [0.717, 1.165) is 11.3 Å². The number of benzene rings is 3. The van der Waals surface area contributed by atoms with Crippen LogP contribution in [0.25, 0.3) is 0 Å². The lowest BCUT2D eigenvalue weighted by atomic mass is 9.71. The molecule has 1 heterocycles. The number of Topliss-reactive ketones (excluding diaryl/α,β-unsaturated/α-hetero) is 1. The van der Waals surface area contributed by atoms with Crippen LogP contribution in [0.15, 0.2) is 89.3 Å². The number of carbonyl (C=O) groups excluding carboxylic acids is 3. The Bertz CT molecular complexity index is 1710. The summed E-state index contributed by atoms with van der Waals surface area (Å²) >= 11 is 0. The average molecular weight is 642 g/mol. The van der Waals surface area contributed by atoms with Crippen LogP contribution in [0.4, 0.5) is 0 Å². The molecule has 5 rings (SSSR count). The van der Waals surface area contributed by atoms with E-state index in [0.29, 0.717) is 58.4 Å². The second-order valence-corrected chi connectivity index (χ2v) is 11.2. The van der Waals surface area contributed by atoms with Gasteiger partial charge in [0.15, 0.2) is 28.8 Å². The number of hydrogen-bond donors (Lipinski definition) is 1. The van der Waals surface area contributed by atoms with Gasteiger partial charge in [0.2, 0.25) is 0 Å². The van der Waals surface area contributed by atoms with Gasteiger partial charge in [0, 0.05) is 36.2 Å². The maximum Gasteiger partial charge on any atom is 0.336 e. The first kappa shape index (κ1) is 33.1. The molecule has 0 spiro atoms. The largest absolute Gasteiger partial charge is 0.493 e. The van der Waals surface area contributed by atoms with E-state index in [4.69, 9.17) is 28.4 Å². The van der Waals surface area contributed by atoms with E-state index >= 15 is 0 Å². The monoisotopic (exact) mass is 641 g/mol. The first-order chi connectivity index (χ1) is 22.7. The van der Waals surface area contributed by atoms with E-state index in [1.165, 1.54) is 6.92 Å². The highest BCUT2D eigenvalue weighted by Crippen LogP contribution is 2.47. The Morgan fingerprint density at radius 1 is 0.830 bits per heavy atom. The first-order valence-electron chi connectivity index (χ1n) is 15.5. The predicted molar refractivity (Wildman–Crippen MR) is 174 cm³/mol. The summed E-state index contributed by atoms with van der Waals surface area (Å²) in [4.78, 5) is 39.7. The number of carbonyl (C=O) groups is 3. The third-order valence-corrected chi connectivity index (χ3v) is 8.11. The molecule has 0 saturated carbocycles. The van der Waals surface area contributed by atoms with E-state index in [1.54, 1.807) is 39.3 Å². The van der Waals surface area contributed by atoms with Gasteiger partial charge in [-0.3, -0.25) is 9.59 Å². The predicted octanol–water partition coefficient (Wildman–Crippen LogP) is 6.01. The highest BCUT2D eigenvalue weighted by molar-refractivity contribution is 6.04. The zero-order chi connectivity index (χ0) is 33.5. The summed E-state index contributed by atoms with van der Waals surface area (Å²) in [5.41, 5.74) is 3.67. The molecule has 246 valence electrons. The number of methoxy groups -OCH3 is 2. The summed E-state index contributed by atoms with van der Waals surface area (Å²) in [7, 11) is 3.15. The number of nitrogens with one attached hydrogen (secondary N) is 1. The van der Waals surface area contributed by atoms with Crippen LogP contribution in [0, 0.1) is 0 Å². The molecule has 0 fully saturated rings. The lowest BCUT2D eigenvalue weighted by Crippen LogP contribution is -2.36. The molecule has 0 saturated heterocycles. The van der Waals surface area contributed by atoms with E-state index in [-0.39, 0.29) is 37.1 Å². The molecule has 2 unspecified atom stereocenters. The Labute approximate surface area is 274 Å². The van der Waals surface area contributed by atoms with Gasteiger partial charge in [-0.05, 0) is 73.7 Å². The van der Waals surface area contributed by atoms with Crippen LogP contribution < -0.4 is 29.0 Å². The molecule has 47 heavy (non-hydrogen) atoms. The third-order valence-electron chi connectivity index (χ3n) is 8.11. The Hall–Kier alpha value is -5.25. The Morgan fingerprint density at radius 2 is 1.53 bits per heavy atom. The lowest BCUT2D eigenvalue weighted by Gasteiger charge is -2.37. The van der Waals surface area contributed by atoms with Gasteiger partial charge in [-0.1, -0.05) is 30.3 Å². The second kappa shape index (κ2) is 14.9. The molecule has 0 bridgehead atoms. The normalized spacial score (nSPS) is 17.3. The van der Waals surface area contributed by atoms with Gasteiger partial charge < -0.3 is 33.7 Å². The number of hydrogen-bond acceptors (Lipinski definition) is 10. The maximum atomic E-state index is 14.1. The number of ketones is 1. The zero-order valence-corrected chi connectivity index (χ0v) is 27.2. The van der Waals surface area contributed by atoms with Gasteiger partial charge in [-0.2, -0.15) is 0 Å². The molecule has 1 N–H and O–H groups in total. The Kier molecular flexibility index (Phi) is 10.5. The number of esters is 2. The Morgan fingerprint density at radius 3 is 2.23 bits per heavy atom. The van der Waals surface area contributed by atoms with Crippen LogP contribution in [0.3, 0.4) is 0 Å². The van der Waals surface area contributed by atoms with Crippen LogP contribution in [0.5, 0.6) is 28.7 Å². The number of allylic oxidation sites excluding steroid dienone is 3. The van der Waals surface area contributed by atoms with Crippen molar-refractivity contribution in [2.24, 2.45) is 0 Å². The lowest BCUT2D eigenvalue weighted by molar-refractivity contribution is -0.140. The summed E-state index contributed by atoms with van der Waals surface area (Å²) in [5.74, 6) is 0.385. The van der Waals surface area contributed by atoms with Crippen molar-refractivity contribution >= 4 is 17.7 Å². The van der Waals surface area contributed by atoms with Crippen LogP contribution in [0.1, 0.15) is 56.6 Å². The van der Waals surface area contributed by atoms with Crippen molar-refractivity contribution < 1.29 is 42.8 Å². The van der Waals surface area contributed by atoms with Crippen molar-refractivity contribution in [2.45, 2.75) is 45.4 Å². The van der Waals surface area contributed by atoms with Gasteiger partial charge in [-0.15, -0.1) is 0 Å². The Balaban J connectivity index is 1.50. The number of ether oxygens (including phenoxy) is 6. The zero-order valence-electron chi connectivity index (χ0n) is 27.2. The molecule has 10 nitrogen and oxygen atoms in total. The summed E-state index contributed by atoms with van der Waals surface area (Å²) < 4.78 is 33.5. The molecule has 2 atom stereocenters. The van der Waals surface area contributed by atoms with E-state index < -0.39 is 17.9 Å². The number of rotatable bonds is 12. The standard InChI is InChI=1S/C37H39NO9/c1-6-44-33-21-25(13-15-31(33)47-23(3)39)35-34(37(41)46-17-16-45-27-10-8-7-9-11-27)22(2)38-28-18-26(19-29(40)36(28)35)24-12-14-30(42-4)32(20-24)43-5/h7-15,20-21,26,35,38H,6,16-19H2,1-5H3. The fraction of sp³-hybridized carbons (Fsp3) is 0.324. The minimum Gasteiger partial charge on any atom is -0.493 e. The molecule has 0 aromatic heterocycles. The topological polar surface area (TPSA) is 119 Å². The quantitative estimate of drug-likeness (QED) is 0.143.